The van der Waals surface area contributed by atoms with Gasteiger partial charge < -0.3 is 4.74 Å². The molecule has 3 aromatic carbocycles. The Balaban J connectivity index is 1.69. The number of halogens is 1. The number of ether oxygens (including phenoxy) is 1. The largest absolute Gasteiger partial charge is 0.488 e. The molecular formula is C26H21ClN2O4. The van der Waals surface area contributed by atoms with Crippen molar-refractivity contribution in [2.75, 3.05) is 4.90 Å². The van der Waals surface area contributed by atoms with Crippen LogP contribution >= 0.6 is 11.6 Å². The highest BCUT2D eigenvalue weighted by atomic mass is 35.5. The van der Waals surface area contributed by atoms with E-state index in [1.165, 1.54) is 6.08 Å². The van der Waals surface area contributed by atoms with Crippen LogP contribution in [0.5, 0.6) is 5.75 Å². The van der Waals surface area contributed by atoms with Crippen molar-refractivity contribution in [3.8, 4) is 5.75 Å². The van der Waals surface area contributed by atoms with Gasteiger partial charge in [-0.2, -0.15) is 0 Å². The summed E-state index contributed by atoms with van der Waals surface area (Å²) in [5.41, 5.74) is 3.47. The zero-order chi connectivity index (χ0) is 23.5. The average Bonchev–Trinajstić information content (AvgIpc) is 2.77. The molecule has 0 atom stereocenters. The summed E-state index contributed by atoms with van der Waals surface area (Å²) >= 11 is 6.18. The van der Waals surface area contributed by atoms with E-state index in [0.29, 0.717) is 28.6 Å². The first-order chi connectivity index (χ1) is 15.8. The van der Waals surface area contributed by atoms with Crippen LogP contribution in [0.25, 0.3) is 6.08 Å². The molecule has 0 aromatic heterocycles. The Morgan fingerprint density at radius 2 is 1.76 bits per heavy atom. The first-order valence-corrected chi connectivity index (χ1v) is 10.7. The summed E-state index contributed by atoms with van der Waals surface area (Å²) in [4.78, 5) is 39.2. The highest BCUT2D eigenvalue weighted by Gasteiger charge is 2.37. The minimum Gasteiger partial charge on any atom is -0.488 e. The Morgan fingerprint density at radius 3 is 2.52 bits per heavy atom. The number of carbonyl (C=O) groups excluding carboxylic acids is 3. The number of anilines is 1. The van der Waals surface area contributed by atoms with E-state index >= 15 is 0 Å². The summed E-state index contributed by atoms with van der Waals surface area (Å²) in [5.74, 6) is -1.05. The third-order valence-corrected chi connectivity index (χ3v) is 5.44. The predicted molar refractivity (Wildman–Crippen MR) is 127 cm³/mol. The van der Waals surface area contributed by atoms with Crippen LogP contribution < -0.4 is 15.0 Å². The van der Waals surface area contributed by atoms with Gasteiger partial charge in [-0.3, -0.25) is 14.9 Å². The lowest BCUT2D eigenvalue weighted by atomic mass is 10.0. The molecule has 0 spiro atoms. The number of para-hydroxylation sites is 1. The van der Waals surface area contributed by atoms with Crippen molar-refractivity contribution >= 4 is 41.2 Å². The van der Waals surface area contributed by atoms with Gasteiger partial charge in [0.1, 0.15) is 17.9 Å². The van der Waals surface area contributed by atoms with Gasteiger partial charge in [-0.25, -0.2) is 9.69 Å². The molecule has 33 heavy (non-hydrogen) atoms. The molecule has 4 rings (SSSR count). The average molecular weight is 461 g/mol. The van der Waals surface area contributed by atoms with Crippen LogP contribution in [0.3, 0.4) is 0 Å². The molecule has 1 fully saturated rings. The Kier molecular flexibility index (Phi) is 6.29. The SMILES string of the molecule is Cc1cccc(COc2ccc(Cl)cc2/C=C2\C(=O)NC(=O)N(c3ccccc3C)C2=O)c1. The van der Waals surface area contributed by atoms with E-state index in [1.807, 2.05) is 31.2 Å². The molecule has 0 aliphatic carbocycles. The molecule has 0 unspecified atom stereocenters. The van der Waals surface area contributed by atoms with Crippen molar-refractivity contribution in [2.45, 2.75) is 20.5 Å². The Hall–Kier alpha value is -3.90. The van der Waals surface area contributed by atoms with Gasteiger partial charge in [0.2, 0.25) is 0 Å². The van der Waals surface area contributed by atoms with Crippen molar-refractivity contribution in [2.24, 2.45) is 0 Å². The maximum Gasteiger partial charge on any atom is 0.335 e. The zero-order valence-electron chi connectivity index (χ0n) is 18.1. The molecule has 0 bridgehead atoms. The van der Waals surface area contributed by atoms with Crippen LogP contribution in [-0.4, -0.2) is 17.8 Å². The number of amides is 4. The normalized spacial score (nSPS) is 15.1. The van der Waals surface area contributed by atoms with Gasteiger partial charge >= 0.3 is 6.03 Å². The van der Waals surface area contributed by atoms with E-state index in [9.17, 15) is 14.4 Å². The van der Waals surface area contributed by atoms with Crippen molar-refractivity contribution < 1.29 is 19.1 Å². The van der Waals surface area contributed by atoms with Gasteiger partial charge in [-0.05, 0) is 55.3 Å². The Bertz CT molecular complexity index is 1300. The van der Waals surface area contributed by atoms with Crippen LogP contribution in [0.4, 0.5) is 10.5 Å². The molecule has 7 heteroatoms. The van der Waals surface area contributed by atoms with Gasteiger partial charge in [0.25, 0.3) is 11.8 Å². The molecule has 1 heterocycles. The second-order valence-electron chi connectivity index (χ2n) is 7.70. The second-order valence-corrected chi connectivity index (χ2v) is 8.14. The minimum atomic E-state index is -0.793. The zero-order valence-corrected chi connectivity index (χ0v) is 18.8. The summed E-state index contributed by atoms with van der Waals surface area (Å²) in [7, 11) is 0. The van der Waals surface area contributed by atoms with Crippen LogP contribution in [0.2, 0.25) is 5.02 Å². The number of hydrogen-bond acceptors (Lipinski definition) is 4. The molecule has 1 N–H and O–H groups in total. The standard InChI is InChI=1S/C26H21ClN2O4/c1-16-6-5-8-18(12-16)15-33-23-11-10-20(27)13-19(23)14-21-24(30)28-26(32)29(25(21)31)22-9-4-3-7-17(22)2/h3-14H,15H2,1-2H3,(H,28,30,32)/b21-14+. The number of carbonyl (C=O) groups is 3. The molecule has 0 saturated carbocycles. The number of imide groups is 2. The first kappa shape index (κ1) is 22.3. The molecule has 6 nitrogen and oxygen atoms in total. The number of nitrogens with one attached hydrogen (secondary N) is 1. The Morgan fingerprint density at radius 1 is 0.970 bits per heavy atom. The van der Waals surface area contributed by atoms with E-state index < -0.39 is 17.8 Å². The molecule has 3 aromatic rings. The van der Waals surface area contributed by atoms with Crippen LogP contribution in [0.1, 0.15) is 22.3 Å². The van der Waals surface area contributed by atoms with E-state index in [4.69, 9.17) is 16.3 Å². The van der Waals surface area contributed by atoms with Gasteiger partial charge in [0.05, 0.1) is 5.69 Å². The van der Waals surface area contributed by atoms with Crippen molar-refractivity contribution in [3.05, 3.63) is 99.6 Å². The number of urea groups is 1. The molecule has 4 amide bonds. The molecule has 166 valence electrons. The smallest absolute Gasteiger partial charge is 0.335 e. The molecular weight excluding hydrogens is 440 g/mol. The van der Waals surface area contributed by atoms with Gasteiger partial charge in [-0.15, -0.1) is 0 Å². The molecule has 1 aliphatic heterocycles. The summed E-state index contributed by atoms with van der Waals surface area (Å²) in [5, 5.41) is 2.66. The second kappa shape index (κ2) is 9.30. The number of rotatable bonds is 5. The fraction of sp³-hybridized carbons (Fsp3) is 0.115. The predicted octanol–water partition coefficient (Wildman–Crippen LogP) is 5.20. The summed E-state index contributed by atoms with van der Waals surface area (Å²) < 4.78 is 5.97. The van der Waals surface area contributed by atoms with E-state index in [1.54, 1.807) is 49.4 Å². The van der Waals surface area contributed by atoms with Crippen LogP contribution in [0, 0.1) is 13.8 Å². The molecule has 0 radical (unpaired) electrons. The Labute approximate surface area is 196 Å². The lowest BCUT2D eigenvalue weighted by molar-refractivity contribution is -0.122. The van der Waals surface area contributed by atoms with Gasteiger partial charge in [0, 0.05) is 10.6 Å². The maximum absolute atomic E-state index is 13.2. The van der Waals surface area contributed by atoms with Crippen LogP contribution in [0.15, 0.2) is 72.3 Å². The van der Waals surface area contributed by atoms with Gasteiger partial charge in [0.15, 0.2) is 0 Å². The van der Waals surface area contributed by atoms with Crippen molar-refractivity contribution in [1.29, 1.82) is 0 Å². The quantitative estimate of drug-likeness (QED) is 0.419. The number of barbiturate groups is 1. The summed E-state index contributed by atoms with van der Waals surface area (Å²) in [6.45, 7) is 4.08. The summed E-state index contributed by atoms with van der Waals surface area (Å²) in [6.07, 6.45) is 1.40. The van der Waals surface area contributed by atoms with Crippen LogP contribution in [-0.2, 0) is 16.2 Å². The highest BCUT2D eigenvalue weighted by Crippen LogP contribution is 2.29. The maximum atomic E-state index is 13.2. The fourth-order valence-corrected chi connectivity index (χ4v) is 3.75. The molecule has 1 saturated heterocycles. The van der Waals surface area contributed by atoms with Crippen molar-refractivity contribution in [3.63, 3.8) is 0 Å². The number of aryl methyl sites for hydroxylation is 2. The minimum absolute atomic E-state index is 0.194. The third-order valence-electron chi connectivity index (χ3n) is 5.21. The number of hydrogen-bond donors (Lipinski definition) is 1. The van der Waals surface area contributed by atoms with E-state index in [2.05, 4.69) is 5.32 Å². The lowest BCUT2D eigenvalue weighted by Crippen LogP contribution is -2.54. The van der Waals surface area contributed by atoms with Gasteiger partial charge in [-0.1, -0.05) is 59.6 Å². The fourth-order valence-electron chi connectivity index (χ4n) is 3.57. The third kappa shape index (κ3) is 4.81. The topological polar surface area (TPSA) is 75.7 Å². The number of benzene rings is 3. The molecule has 1 aliphatic rings. The van der Waals surface area contributed by atoms with E-state index in [-0.39, 0.29) is 5.57 Å². The lowest BCUT2D eigenvalue weighted by Gasteiger charge is -2.27. The monoisotopic (exact) mass is 460 g/mol. The van der Waals surface area contributed by atoms with E-state index in [0.717, 1.165) is 21.6 Å². The summed E-state index contributed by atoms with van der Waals surface area (Å²) in [6, 6.07) is 19.0. The van der Waals surface area contributed by atoms with Crippen molar-refractivity contribution in [1.82, 2.24) is 5.32 Å². The highest BCUT2D eigenvalue weighted by molar-refractivity contribution is 6.39. The first-order valence-electron chi connectivity index (χ1n) is 10.3. The number of nitrogens with zero attached hydrogens (tertiary/aromatic N) is 1.